The molecule has 0 aliphatic rings. The lowest BCUT2D eigenvalue weighted by Gasteiger charge is -2.03. The molecular weight excluding hydrogens is 228 g/mol. The molecule has 0 bridgehead atoms. The molecule has 0 radical (unpaired) electrons. The number of thiazole rings is 1. The van der Waals surface area contributed by atoms with Crippen LogP contribution in [0.5, 0.6) is 0 Å². The molecule has 2 rings (SSSR count). The average Bonchev–Trinajstić information content (AvgIpc) is 2.72. The van der Waals surface area contributed by atoms with Crippen molar-refractivity contribution in [2.45, 2.75) is 20.4 Å². The van der Waals surface area contributed by atoms with E-state index in [4.69, 9.17) is 4.99 Å². The van der Waals surface area contributed by atoms with Crippen molar-refractivity contribution < 1.29 is 0 Å². The molecule has 17 heavy (non-hydrogen) atoms. The van der Waals surface area contributed by atoms with Gasteiger partial charge in [0.1, 0.15) is 0 Å². The van der Waals surface area contributed by atoms with Crippen LogP contribution >= 0.6 is 11.3 Å². The molecule has 2 aromatic rings. The van der Waals surface area contributed by atoms with Gasteiger partial charge in [0.15, 0.2) is 4.80 Å². The molecule has 0 saturated carbocycles. The topological polar surface area (TPSA) is 17.3 Å². The van der Waals surface area contributed by atoms with E-state index >= 15 is 0 Å². The summed E-state index contributed by atoms with van der Waals surface area (Å²) in [5.41, 5.74) is 3.50. The number of aromatic nitrogens is 1. The molecule has 88 valence electrons. The molecule has 1 aromatic carbocycles. The molecule has 0 spiro atoms. The lowest BCUT2D eigenvalue weighted by molar-refractivity contribution is 0.791. The van der Waals surface area contributed by atoms with Gasteiger partial charge >= 0.3 is 0 Å². The highest BCUT2D eigenvalue weighted by Gasteiger charge is 2.00. The van der Waals surface area contributed by atoms with Crippen LogP contribution in [-0.2, 0) is 6.54 Å². The van der Waals surface area contributed by atoms with Gasteiger partial charge in [-0.15, -0.1) is 17.9 Å². The Morgan fingerprint density at radius 1 is 1.35 bits per heavy atom. The molecular formula is C14H16N2S. The van der Waals surface area contributed by atoms with Gasteiger partial charge in [0.25, 0.3) is 0 Å². The molecule has 1 aromatic heterocycles. The fraction of sp³-hybridized carbons (Fsp3) is 0.214. The highest BCUT2D eigenvalue weighted by Crippen LogP contribution is 2.22. The first-order valence-corrected chi connectivity index (χ1v) is 6.46. The number of aryl methyl sites for hydroxylation is 2. The van der Waals surface area contributed by atoms with Crippen LogP contribution in [0, 0.1) is 13.8 Å². The summed E-state index contributed by atoms with van der Waals surface area (Å²) < 4.78 is 2.10. The Bertz CT molecular complexity index is 570. The van der Waals surface area contributed by atoms with Crippen molar-refractivity contribution >= 4 is 17.0 Å². The van der Waals surface area contributed by atoms with Gasteiger partial charge < -0.3 is 4.57 Å². The zero-order valence-corrected chi connectivity index (χ0v) is 11.0. The van der Waals surface area contributed by atoms with Gasteiger partial charge in [-0.3, -0.25) is 0 Å². The predicted octanol–water partition coefficient (Wildman–Crippen LogP) is 3.58. The number of allylic oxidation sites excluding steroid dienone is 1. The second kappa shape index (κ2) is 5.15. The quantitative estimate of drug-likeness (QED) is 0.734. The number of rotatable bonds is 3. The van der Waals surface area contributed by atoms with E-state index in [1.54, 1.807) is 11.3 Å². The molecule has 0 saturated heterocycles. The maximum atomic E-state index is 4.75. The van der Waals surface area contributed by atoms with E-state index in [9.17, 15) is 0 Å². The minimum Gasteiger partial charge on any atom is -0.320 e. The van der Waals surface area contributed by atoms with E-state index in [2.05, 4.69) is 48.6 Å². The Morgan fingerprint density at radius 2 is 2.06 bits per heavy atom. The van der Waals surface area contributed by atoms with Gasteiger partial charge in [0.2, 0.25) is 0 Å². The fourth-order valence-electron chi connectivity index (χ4n) is 1.74. The first-order valence-electron chi connectivity index (χ1n) is 5.58. The molecule has 0 fully saturated rings. The normalized spacial score (nSPS) is 11.8. The molecule has 0 N–H and O–H groups in total. The van der Waals surface area contributed by atoms with E-state index in [-0.39, 0.29) is 0 Å². The summed E-state index contributed by atoms with van der Waals surface area (Å²) in [6, 6.07) is 6.25. The van der Waals surface area contributed by atoms with Gasteiger partial charge in [-0.1, -0.05) is 24.3 Å². The average molecular weight is 244 g/mol. The summed E-state index contributed by atoms with van der Waals surface area (Å²) in [6.45, 7) is 8.75. The fourth-order valence-corrected chi connectivity index (χ4v) is 2.49. The van der Waals surface area contributed by atoms with Crippen LogP contribution in [0.1, 0.15) is 11.1 Å². The number of hydrogen-bond acceptors (Lipinski definition) is 2. The minimum atomic E-state index is 0.799. The zero-order chi connectivity index (χ0) is 12.3. The van der Waals surface area contributed by atoms with Gasteiger partial charge in [0.05, 0.1) is 5.69 Å². The Morgan fingerprint density at radius 3 is 2.71 bits per heavy atom. The van der Waals surface area contributed by atoms with Crippen molar-refractivity contribution in [1.82, 2.24) is 4.57 Å². The van der Waals surface area contributed by atoms with Crippen molar-refractivity contribution in [3.63, 3.8) is 0 Å². The molecule has 0 aliphatic heterocycles. The van der Waals surface area contributed by atoms with Crippen molar-refractivity contribution in [2.24, 2.45) is 4.99 Å². The highest BCUT2D eigenvalue weighted by atomic mass is 32.1. The number of para-hydroxylation sites is 1. The van der Waals surface area contributed by atoms with Crippen LogP contribution in [0.25, 0.3) is 0 Å². The Labute approximate surface area is 106 Å². The SMILES string of the molecule is C=CCn1ccsc1=Nc1c(C)cccc1C. The van der Waals surface area contributed by atoms with Gasteiger partial charge in [-0.2, -0.15) is 0 Å². The summed E-state index contributed by atoms with van der Waals surface area (Å²) in [4.78, 5) is 5.77. The van der Waals surface area contributed by atoms with Crippen LogP contribution in [-0.4, -0.2) is 4.57 Å². The minimum absolute atomic E-state index is 0.799. The second-order valence-corrected chi connectivity index (χ2v) is 4.85. The van der Waals surface area contributed by atoms with Crippen LogP contribution in [0.15, 0.2) is 47.4 Å². The van der Waals surface area contributed by atoms with Gasteiger partial charge in [-0.05, 0) is 25.0 Å². The Hall–Kier alpha value is -1.61. The lowest BCUT2D eigenvalue weighted by Crippen LogP contribution is -2.12. The lowest BCUT2D eigenvalue weighted by atomic mass is 10.1. The third kappa shape index (κ3) is 2.56. The van der Waals surface area contributed by atoms with Crippen LogP contribution in [0.4, 0.5) is 5.69 Å². The smallest absolute Gasteiger partial charge is 0.190 e. The third-order valence-electron chi connectivity index (χ3n) is 2.63. The van der Waals surface area contributed by atoms with E-state index < -0.39 is 0 Å². The summed E-state index contributed by atoms with van der Waals surface area (Å²) in [5.74, 6) is 0. The first kappa shape index (κ1) is 11.9. The zero-order valence-electron chi connectivity index (χ0n) is 10.2. The number of nitrogens with zero attached hydrogens (tertiary/aromatic N) is 2. The monoisotopic (exact) mass is 244 g/mol. The molecule has 0 amide bonds. The summed E-state index contributed by atoms with van der Waals surface area (Å²) in [7, 11) is 0. The largest absolute Gasteiger partial charge is 0.320 e. The Balaban J connectivity index is 2.55. The standard InChI is InChI=1S/C14H16N2S/c1-4-8-16-9-10-17-14(16)15-13-11(2)6-5-7-12(13)3/h4-7,9-10H,1,8H2,2-3H3. The number of benzene rings is 1. The molecule has 0 aliphatic carbocycles. The summed E-state index contributed by atoms with van der Waals surface area (Å²) >= 11 is 1.65. The number of hydrogen-bond donors (Lipinski definition) is 0. The van der Waals surface area contributed by atoms with E-state index in [1.807, 2.05) is 12.3 Å². The van der Waals surface area contributed by atoms with Crippen LogP contribution < -0.4 is 4.80 Å². The second-order valence-electron chi connectivity index (χ2n) is 3.98. The summed E-state index contributed by atoms with van der Waals surface area (Å²) in [6.07, 6.45) is 3.93. The van der Waals surface area contributed by atoms with Crippen molar-refractivity contribution in [3.05, 3.63) is 58.4 Å². The van der Waals surface area contributed by atoms with Crippen LogP contribution in [0.2, 0.25) is 0 Å². The van der Waals surface area contributed by atoms with Gasteiger partial charge in [0, 0.05) is 18.1 Å². The van der Waals surface area contributed by atoms with E-state index in [0.29, 0.717) is 0 Å². The Kier molecular flexibility index (Phi) is 3.59. The maximum absolute atomic E-state index is 4.75. The van der Waals surface area contributed by atoms with E-state index in [0.717, 1.165) is 17.0 Å². The third-order valence-corrected chi connectivity index (χ3v) is 3.43. The van der Waals surface area contributed by atoms with Crippen molar-refractivity contribution in [2.75, 3.05) is 0 Å². The van der Waals surface area contributed by atoms with Crippen LogP contribution in [0.3, 0.4) is 0 Å². The molecule has 0 unspecified atom stereocenters. The molecule has 3 heteroatoms. The highest BCUT2D eigenvalue weighted by molar-refractivity contribution is 7.07. The van der Waals surface area contributed by atoms with Crippen molar-refractivity contribution in [3.8, 4) is 0 Å². The van der Waals surface area contributed by atoms with E-state index in [1.165, 1.54) is 11.1 Å². The maximum Gasteiger partial charge on any atom is 0.190 e. The van der Waals surface area contributed by atoms with Crippen molar-refractivity contribution in [1.29, 1.82) is 0 Å². The molecule has 1 heterocycles. The first-order chi connectivity index (χ1) is 8.22. The predicted molar refractivity (Wildman–Crippen MR) is 73.6 cm³/mol. The molecule has 2 nitrogen and oxygen atoms in total. The summed E-state index contributed by atoms with van der Waals surface area (Å²) in [5, 5.41) is 2.05. The van der Waals surface area contributed by atoms with Gasteiger partial charge in [-0.25, -0.2) is 4.99 Å². The molecule has 0 atom stereocenters.